The number of rotatable bonds is 6. The zero-order valence-corrected chi connectivity index (χ0v) is 10.1. The van der Waals surface area contributed by atoms with Gasteiger partial charge in [0.1, 0.15) is 5.54 Å². The van der Waals surface area contributed by atoms with Gasteiger partial charge in [-0.1, -0.05) is 6.92 Å². The Morgan fingerprint density at radius 2 is 2.07 bits per heavy atom. The number of likely N-dealkylation sites (tertiary alicyclic amines) is 1. The van der Waals surface area contributed by atoms with Crippen molar-refractivity contribution >= 4 is 0 Å². The fourth-order valence-electron chi connectivity index (χ4n) is 2.28. The summed E-state index contributed by atoms with van der Waals surface area (Å²) in [6, 6.07) is 2.41. The van der Waals surface area contributed by atoms with Crippen molar-refractivity contribution in [1.82, 2.24) is 10.2 Å². The van der Waals surface area contributed by atoms with E-state index in [1.807, 2.05) is 7.05 Å². The van der Waals surface area contributed by atoms with Gasteiger partial charge in [0.15, 0.2) is 0 Å². The van der Waals surface area contributed by atoms with Gasteiger partial charge in [0.2, 0.25) is 0 Å². The van der Waals surface area contributed by atoms with Crippen LogP contribution >= 0.6 is 0 Å². The minimum atomic E-state index is -0.292. The average molecular weight is 209 g/mol. The molecule has 0 spiro atoms. The van der Waals surface area contributed by atoms with E-state index in [1.165, 1.54) is 25.9 Å². The molecule has 1 rings (SSSR count). The molecule has 0 aromatic heterocycles. The lowest BCUT2D eigenvalue weighted by Crippen LogP contribution is -2.41. The van der Waals surface area contributed by atoms with Gasteiger partial charge in [-0.15, -0.1) is 0 Å². The Balaban J connectivity index is 2.25. The predicted molar refractivity (Wildman–Crippen MR) is 62.6 cm³/mol. The third kappa shape index (κ3) is 3.48. The predicted octanol–water partition coefficient (Wildman–Crippen LogP) is 1.75. The van der Waals surface area contributed by atoms with Crippen LogP contribution in [-0.2, 0) is 0 Å². The van der Waals surface area contributed by atoms with Crippen LogP contribution in [0.15, 0.2) is 0 Å². The number of nitrogens with zero attached hydrogens (tertiary/aromatic N) is 2. The highest BCUT2D eigenvalue weighted by molar-refractivity contribution is 5.05. The summed E-state index contributed by atoms with van der Waals surface area (Å²) >= 11 is 0. The maximum absolute atomic E-state index is 9.14. The van der Waals surface area contributed by atoms with E-state index in [-0.39, 0.29) is 5.54 Å². The van der Waals surface area contributed by atoms with Gasteiger partial charge in [-0.05, 0) is 58.8 Å². The van der Waals surface area contributed by atoms with Crippen molar-refractivity contribution in [3.05, 3.63) is 0 Å². The third-order valence-corrected chi connectivity index (χ3v) is 3.57. The van der Waals surface area contributed by atoms with E-state index < -0.39 is 0 Å². The quantitative estimate of drug-likeness (QED) is 0.724. The van der Waals surface area contributed by atoms with Crippen molar-refractivity contribution in [3.8, 4) is 6.07 Å². The van der Waals surface area contributed by atoms with E-state index in [0.717, 1.165) is 25.8 Å². The SMILES string of the molecule is CCC(C#N)(CCCN1CCCC1)NC. The van der Waals surface area contributed by atoms with Gasteiger partial charge >= 0.3 is 0 Å². The second-order valence-corrected chi connectivity index (χ2v) is 4.45. The normalized spacial score (nSPS) is 21.1. The number of nitrogens with one attached hydrogen (secondary N) is 1. The van der Waals surface area contributed by atoms with Gasteiger partial charge in [-0.3, -0.25) is 0 Å². The molecule has 3 heteroatoms. The van der Waals surface area contributed by atoms with Crippen LogP contribution in [0.1, 0.15) is 39.0 Å². The summed E-state index contributed by atoms with van der Waals surface area (Å²) in [5.74, 6) is 0. The topological polar surface area (TPSA) is 39.1 Å². The standard InChI is InChI=1S/C12H23N3/c1-3-12(11-13,14-2)7-6-10-15-8-4-5-9-15/h14H,3-10H2,1-2H3. The summed E-state index contributed by atoms with van der Waals surface area (Å²) in [7, 11) is 1.89. The lowest BCUT2D eigenvalue weighted by molar-refractivity contribution is 0.302. The molecule has 1 aliphatic rings. The maximum Gasteiger partial charge on any atom is 0.106 e. The molecule has 1 N–H and O–H groups in total. The van der Waals surface area contributed by atoms with Crippen LogP contribution in [0.3, 0.4) is 0 Å². The van der Waals surface area contributed by atoms with Gasteiger partial charge in [0.25, 0.3) is 0 Å². The third-order valence-electron chi connectivity index (χ3n) is 3.57. The van der Waals surface area contributed by atoms with Gasteiger partial charge in [0, 0.05) is 0 Å². The van der Waals surface area contributed by atoms with Crippen LogP contribution in [-0.4, -0.2) is 37.1 Å². The second kappa shape index (κ2) is 6.09. The molecule has 1 heterocycles. The van der Waals surface area contributed by atoms with Crippen LogP contribution in [0.25, 0.3) is 0 Å². The van der Waals surface area contributed by atoms with E-state index >= 15 is 0 Å². The first kappa shape index (κ1) is 12.5. The van der Waals surface area contributed by atoms with Crippen LogP contribution in [0.2, 0.25) is 0 Å². The van der Waals surface area contributed by atoms with E-state index in [0.29, 0.717) is 0 Å². The fraction of sp³-hybridized carbons (Fsp3) is 0.917. The molecule has 3 nitrogen and oxygen atoms in total. The molecule has 0 aromatic rings. The van der Waals surface area contributed by atoms with Crippen molar-refractivity contribution in [2.75, 3.05) is 26.7 Å². The molecule has 1 unspecified atom stereocenters. The Morgan fingerprint density at radius 3 is 2.53 bits per heavy atom. The van der Waals surface area contributed by atoms with Crippen molar-refractivity contribution in [2.24, 2.45) is 0 Å². The first-order valence-electron chi connectivity index (χ1n) is 6.09. The maximum atomic E-state index is 9.14. The number of nitriles is 1. The van der Waals surface area contributed by atoms with E-state index in [9.17, 15) is 0 Å². The monoisotopic (exact) mass is 209 g/mol. The smallest absolute Gasteiger partial charge is 0.106 e. The molecule has 0 aliphatic carbocycles. The molecule has 86 valence electrons. The van der Waals surface area contributed by atoms with Crippen molar-refractivity contribution in [1.29, 1.82) is 5.26 Å². The van der Waals surface area contributed by atoms with Crippen LogP contribution < -0.4 is 5.32 Å². The molecule has 15 heavy (non-hydrogen) atoms. The molecule has 1 saturated heterocycles. The number of hydrogen-bond acceptors (Lipinski definition) is 3. The molecular formula is C12H23N3. The molecule has 0 amide bonds. The Labute approximate surface area is 93.5 Å². The molecule has 0 bridgehead atoms. The molecule has 0 saturated carbocycles. The molecule has 1 fully saturated rings. The molecule has 0 aromatic carbocycles. The van der Waals surface area contributed by atoms with Gasteiger partial charge < -0.3 is 10.2 Å². The second-order valence-electron chi connectivity index (χ2n) is 4.45. The first-order chi connectivity index (χ1) is 7.26. The summed E-state index contributed by atoms with van der Waals surface area (Å²) in [5.41, 5.74) is -0.292. The summed E-state index contributed by atoms with van der Waals surface area (Å²) in [6.07, 6.45) is 5.68. The fourth-order valence-corrected chi connectivity index (χ4v) is 2.28. The van der Waals surface area contributed by atoms with Crippen molar-refractivity contribution < 1.29 is 0 Å². The molecule has 1 aliphatic heterocycles. The first-order valence-corrected chi connectivity index (χ1v) is 6.09. The number of hydrogen-bond donors (Lipinski definition) is 1. The van der Waals surface area contributed by atoms with Gasteiger partial charge in [0.05, 0.1) is 6.07 Å². The van der Waals surface area contributed by atoms with E-state index in [4.69, 9.17) is 5.26 Å². The highest BCUT2D eigenvalue weighted by Crippen LogP contribution is 2.17. The van der Waals surface area contributed by atoms with E-state index in [1.54, 1.807) is 0 Å². The summed E-state index contributed by atoms with van der Waals surface area (Å²) in [4.78, 5) is 2.51. The lowest BCUT2D eigenvalue weighted by Gasteiger charge is -2.25. The molecular weight excluding hydrogens is 186 g/mol. The largest absolute Gasteiger partial charge is 0.303 e. The minimum Gasteiger partial charge on any atom is -0.303 e. The average Bonchev–Trinajstić information content (AvgIpc) is 2.78. The zero-order valence-electron chi connectivity index (χ0n) is 10.1. The Bertz CT molecular complexity index is 209. The zero-order chi connectivity index (χ0) is 11.1. The van der Waals surface area contributed by atoms with Gasteiger partial charge in [-0.2, -0.15) is 5.26 Å². The van der Waals surface area contributed by atoms with Crippen LogP contribution in [0.5, 0.6) is 0 Å². The summed E-state index contributed by atoms with van der Waals surface area (Å²) in [6.45, 7) is 5.75. The van der Waals surface area contributed by atoms with Gasteiger partial charge in [-0.25, -0.2) is 0 Å². The van der Waals surface area contributed by atoms with Crippen molar-refractivity contribution in [2.45, 2.75) is 44.6 Å². The van der Waals surface area contributed by atoms with E-state index in [2.05, 4.69) is 23.2 Å². The van der Waals surface area contributed by atoms with Crippen molar-refractivity contribution in [3.63, 3.8) is 0 Å². The lowest BCUT2D eigenvalue weighted by atomic mass is 9.92. The Kier molecular flexibility index (Phi) is 5.07. The highest BCUT2D eigenvalue weighted by Gasteiger charge is 2.25. The Hall–Kier alpha value is -0.590. The summed E-state index contributed by atoms with van der Waals surface area (Å²) < 4.78 is 0. The molecule has 1 atom stereocenters. The van der Waals surface area contributed by atoms with Crippen LogP contribution in [0.4, 0.5) is 0 Å². The highest BCUT2D eigenvalue weighted by atomic mass is 15.1. The summed E-state index contributed by atoms with van der Waals surface area (Å²) in [5, 5.41) is 12.3. The Morgan fingerprint density at radius 1 is 1.40 bits per heavy atom. The van der Waals surface area contributed by atoms with Crippen LogP contribution in [0, 0.1) is 11.3 Å². The minimum absolute atomic E-state index is 0.292. The molecule has 0 radical (unpaired) electrons.